The van der Waals surface area contributed by atoms with Crippen molar-refractivity contribution in [1.82, 2.24) is 10.3 Å². The van der Waals surface area contributed by atoms with E-state index in [-0.39, 0.29) is 18.6 Å². The van der Waals surface area contributed by atoms with E-state index in [2.05, 4.69) is 24.1 Å². The van der Waals surface area contributed by atoms with Crippen molar-refractivity contribution in [3.05, 3.63) is 54.4 Å². The number of amides is 1. The zero-order chi connectivity index (χ0) is 16.7. The molecule has 122 valence electrons. The molecule has 0 bridgehead atoms. The third kappa shape index (κ3) is 5.38. The Kier molecular flexibility index (Phi) is 6.11. The number of rotatable bonds is 7. The van der Waals surface area contributed by atoms with E-state index in [1.165, 1.54) is 0 Å². The second-order valence-corrected chi connectivity index (χ2v) is 5.80. The normalized spacial score (nSPS) is 12.0. The molecule has 0 aliphatic heterocycles. The van der Waals surface area contributed by atoms with Gasteiger partial charge in [-0.1, -0.05) is 19.9 Å². The first kappa shape index (κ1) is 17.0. The molecule has 1 amide bonds. The van der Waals surface area contributed by atoms with E-state index in [4.69, 9.17) is 4.74 Å². The van der Waals surface area contributed by atoms with Gasteiger partial charge in [0.2, 0.25) is 0 Å². The molecule has 5 heteroatoms. The number of carbonyl (C=O) groups is 1. The lowest BCUT2D eigenvalue weighted by Crippen LogP contribution is -2.38. The Morgan fingerprint density at radius 3 is 2.61 bits per heavy atom. The van der Waals surface area contributed by atoms with E-state index in [9.17, 15) is 9.90 Å². The summed E-state index contributed by atoms with van der Waals surface area (Å²) in [4.78, 5) is 16.2. The molecule has 2 N–H and O–H groups in total. The molecule has 1 heterocycles. The quantitative estimate of drug-likeness (QED) is 0.824. The fraction of sp³-hybridized carbons (Fsp3) is 0.333. The molecule has 0 saturated carbocycles. The second-order valence-electron chi connectivity index (χ2n) is 5.80. The van der Waals surface area contributed by atoms with E-state index in [1.807, 2.05) is 0 Å². The summed E-state index contributed by atoms with van der Waals surface area (Å²) in [6.45, 7) is 4.03. The maximum atomic E-state index is 12.3. The van der Waals surface area contributed by atoms with Gasteiger partial charge < -0.3 is 15.2 Å². The van der Waals surface area contributed by atoms with Gasteiger partial charge >= 0.3 is 0 Å². The molecule has 0 spiro atoms. The Morgan fingerprint density at radius 2 is 1.96 bits per heavy atom. The maximum absolute atomic E-state index is 12.3. The van der Waals surface area contributed by atoms with Gasteiger partial charge in [-0.15, -0.1) is 0 Å². The van der Waals surface area contributed by atoms with Crippen molar-refractivity contribution in [3.8, 4) is 11.5 Å². The number of hydrogen-bond acceptors (Lipinski definition) is 4. The first-order valence-electron chi connectivity index (χ1n) is 7.68. The Balaban J connectivity index is 2.05. The first-order valence-corrected chi connectivity index (χ1v) is 7.68. The molecule has 1 unspecified atom stereocenters. The summed E-state index contributed by atoms with van der Waals surface area (Å²) in [6, 6.07) is 10.2. The van der Waals surface area contributed by atoms with Crippen molar-refractivity contribution in [2.24, 2.45) is 5.92 Å². The molecule has 1 aromatic heterocycles. The minimum atomic E-state index is -0.243. The van der Waals surface area contributed by atoms with Crippen LogP contribution in [0.3, 0.4) is 0 Å². The Morgan fingerprint density at radius 1 is 1.22 bits per heavy atom. The molecule has 23 heavy (non-hydrogen) atoms. The molecule has 0 saturated heterocycles. The fourth-order valence-electron chi connectivity index (χ4n) is 2.26. The highest BCUT2D eigenvalue weighted by Crippen LogP contribution is 2.21. The summed E-state index contributed by atoms with van der Waals surface area (Å²) < 4.78 is 5.70. The van der Waals surface area contributed by atoms with Crippen LogP contribution >= 0.6 is 0 Å². The summed E-state index contributed by atoms with van der Waals surface area (Å²) >= 11 is 0. The molecule has 0 radical (unpaired) electrons. The molecule has 1 atom stereocenters. The average Bonchev–Trinajstić information content (AvgIpc) is 2.55. The predicted molar refractivity (Wildman–Crippen MR) is 88.5 cm³/mol. The summed E-state index contributed by atoms with van der Waals surface area (Å²) in [6.07, 6.45) is 4.02. The van der Waals surface area contributed by atoms with Crippen LogP contribution in [0.15, 0.2) is 48.8 Å². The molecule has 2 rings (SSSR count). The van der Waals surface area contributed by atoms with Crippen LogP contribution in [0.1, 0.15) is 30.6 Å². The number of ether oxygens (including phenoxy) is 1. The highest BCUT2D eigenvalue weighted by Gasteiger charge is 2.15. The van der Waals surface area contributed by atoms with Crippen molar-refractivity contribution in [2.45, 2.75) is 26.3 Å². The fourth-order valence-corrected chi connectivity index (χ4v) is 2.26. The van der Waals surface area contributed by atoms with Crippen molar-refractivity contribution in [2.75, 3.05) is 6.61 Å². The largest absolute Gasteiger partial charge is 0.457 e. The lowest BCUT2D eigenvalue weighted by Gasteiger charge is -2.18. The highest BCUT2D eigenvalue weighted by atomic mass is 16.5. The van der Waals surface area contributed by atoms with Crippen LogP contribution in [0.5, 0.6) is 11.5 Å². The Hall–Kier alpha value is -2.40. The number of aromatic nitrogens is 1. The predicted octanol–water partition coefficient (Wildman–Crippen LogP) is 3.01. The maximum Gasteiger partial charge on any atom is 0.251 e. The van der Waals surface area contributed by atoms with Crippen LogP contribution in [0.25, 0.3) is 0 Å². The molecule has 5 nitrogen and oxygen atoms in total. The summed E-state index contributed by atoms with van der Waals surface area (Å²) in [5.41, 5.74) is 0.499. The molecular weight excluding hydrogens is 292 g/mol. The zero-order valence-corrected chi connectivity index (χ0v) is 13.4. The first-order chi connectivity index (χ1) is 11.1. The SMILES string of the molecule is CC(C)CC(CO)NC(=O)c1cccc(Oc2ccncc2)c1. The zero-order valence-electron chi connectivity index (χ0n) is 13.4. The van der Waals surface area contributed by atoms with Gasteiger partial charge in [0.15, 0.2) is 0 Å². The van der Waals surface area contributed by atoms with Gasteiger partial charge in [0.05, 0.1) is 12.6 Å². The number of nitrogens with one attached hydrogen (secondary N) is 1. The molecule has 0 aliphatic carbocycles. The summed E-state index contributed by atoms with van der Waals surface area (Å²) in [5, 5.41) is 12.2. The monoisotopic (exact) mass is 314 g/mol. The van der Waals surface area contributed by atoms with E-state index in [0.717, 1.165) is 6.42 Å². The third-order valence-corrected chi connectivity index (χ3v) is 3.29. The van der Waals surface area contributed by atoms with Crippen LogP contribution in [0, 0.1) is 5.92 Å². The standard InChI is InChI=1S/C18H22N2O3/c1-13(2)10-15(12-21)20-18(22)14-4-3-5-17(11-14)23-16-6-8-19-9-7-16/h3-9,11,13,15,21H,10,12H2,1-2H3,(H,20,22). The minimum absolute atomic E-state index is 0.0723. The molecular formula is C18H22N2O3. The Bertz CT molecular complexity index is 629. The van der Waals surface area contributed by atoms with Gasteiger partial charge in [-0.25, -0.2) is 0 Å². The lowest BCUT2D eigenvalue weighted by atomic mass is 10.0. The van der Waals surface area contributed by atoms with Crippen LogP contribution in [0.2, 0.25) is 0 Å². The van der Waals surface area contributed by atoms with E-state index < -0.39 is 0 Å². The number of benzene rings is 1. The molecule has 0 aliphatic rings. The number of pyridine rings is 1. The molecule has 0 fully saturated rings. The van der Waals surface area contributed by atoms with Gasteiger partial charge in [0.1, 0.15) is 11.5 Å². The average molecular weight is 314 g/mol. The summed E-state index contributed by atoms with van der Waals surface area (Å²) in [7, 11) is 0. The van der Waals surface area contributed by atoms with Gasteiger partial charge in [0, 0.05) is 18.0 Å². The third-order valence-electron chi connectivity index (χ3n) is 3.29. The van der Waals surface area contributed by atoms with Crippen molar-refractivity contribution >= 4 is 5.91 Å². The van der Waals surface area contributed by atoms with Crippen LogP contribution in [0.4, 0.5) is 0 Å². The highest BCUT2D eigenvalue weighted by molar-refractivity contribution is 5.94. The Labute approximate surface area is 136 Å². The van der Waals surface area contributed by atoms with Crippen LogP contribution in [-0.2, 0) is 0 Å². The van der Waals surface area contributed by atoms with E-state index in [0.29, 0.717) is 23.0 Å². The van der Waals surface area contributed by atoms with Gasteiger partial charge in [-0.2, -0.15) is 0 Å². The number of hydrogen-bond donors (Lipinski definition) is 2. The summed E-state index contributed by atoms with van der Waals surface area (Å²) in [5.74, 6) is 1.41. The molecule has 2 aromatic rings. The van der Waals surface area contributed by atoms with Crippen LogP contribution in [-0.4, -0.2) is 28.6 Å². The van der Waals surface area contributed by atoms with E-state index in [1.54, 1.807) is 48.8 Å². The number of aliphatic hydroxyl groups excluding tert-OH is 1. The van der Waals surface area contributed by atoms with E-state index >= 15 is 0 Å². The lowest BCUT2D eigenvalue weighted by molar-refractivity contribution is 0.0908. The number of aliphatic hydroxyl groups is 1. The topological polar surface area (TPSA) is 71.5 Å². The molecule has 1 aromatic carbocycles. The van der Waals surface area contributed by atoms with Crippen molar-refractivity contribution in [1.29, 1.82) is 0 Å². The van der Waals surface area contributed by atoms with Crippen molar-refractivity contribution < 1.29 is 14.6 Å². The van der Waals surface area contributed by atoms with Gasteiger partial charge in [0.25, 0.3) is 5.91 Å². The van der Waals surface area contributed by atoms with Gasteiger partial charge in [-0.05, 0) is 42.7 Å². The minimum Gasteiger partial charge on any atom is -0.457 e. The number of nitrogens with zero attached hydrogens (tertiary/aromatic N) is 1. The second kappa shape index (κ2) is 8.29. The smallest absolute Gasteiger partial charge is 0.251 e. The van der Waals surface area contributed by atoms with Crippen molar-refractivity contribution in [3.63, 3.8) is 0 Å². The number of carbonyl (C=O) groups excluding carboxylic acids is 1. The van der Waals surface area contributed by atoms with Gasteiger partial charge in [-0.3, -0.25) is 9.78 Å². The van der Waals surface area contributed by atoms with Crippen LogP contribution < -0.4 is 10.1 Å².